The lowest BCUT2D eigenvalue weighted by atomic mass is 10.2. The number of likely N-dealkylation sites (N-methyl/N-ethyl adjacent to an activating group) is 1. The van der Waals surface area contributed by atoms with Crippen molar-refractivity contribution in [2.24, 2.45) is 7.05 Å². The highest BCUT2D eigenvalue weighted by atomic mass is 16.5. The van der Waals surface area contributed by atoms with Crippen molar-refractivity contribution in [3.8, 4) is 23.0 Å². The van der Waals surface area contributed by atoms with Crippen LogP contribution in [0.2, 0.25) is 0 Å². The molecule has 7 nitrogen and oxygen atoms in total. The average molecular weight is 453 g/mol. The molecule has 0 spiro atoms. The Hall–Kier alpha value is -3.84. The number of para-hydroxylation sites is 1. The Morgan fingerprint density at radius 1 is 0.912 bits per heavy atom. The van der Waals surface area contributed by atoms with E-state index in [0.717, 1.165) is 77.7 Å². The molecule has 0 atom stereocenters. The van der Waals surface area contributed by atoms with Gasteiger partial charge in [-0.05, 0) is 55.1 Å². The van der Waals surface area contributed by atoms with Gasteiger partial charge in [0, 0.05) is 44.3 Å². The third-order valence-corrected chi connectivity index (χ3v) is 6.77. The zero-order valence-corrected chi connectivity index (χ0v) is 19.5. The molecule has 1 N–H and O–H groups in total. The quantitative estimate of drug-likeness (QED) is 0.404. The summed E-state index contributed by atoms with van der Waals surface area (Å²) in [6.45, 7) is 7.67. The van der Waals surface area contributed by atoms with Crippen LogP contribution in [0, 0.1) is 0 Å². The highest BCUT2D eigenvalue weighted by Gasteiger charge is 2.19. The first-order valence-corrected chi connectivity index (χ1v) is 11.8. The summed E-state index contributed by atoms with van der Waals surface area (Å²) in [4.78, 5) is 9.91. The predicted octanol–water partition coefficient (Wildman–Crippen LogP) is 5.05. The minimum absolute atomic E-state index is 0.772. The van der Waals surface area contributed by atoms with Crippen LogP contribution >= 0.6 is 0 Å². The summed E-state index contributed by atoms with van der Waals surface area (Å²) in [7, 11) is 2.06. The standard InChI is InChI=1S/C27H28N6O/c1-3-32-13-15-33(16-14-32)19-9-11-24-25(17-19)31(2)27(28-24)26-22-18-21(10-12-23(22)29-30-26)34-20-7-5-4-6-8-20/h4-12,17-18H,3,13-16H2,1-2H3,(H,29,30). The minimum Gasteiger partial charge on any atom is -0.457 e. The van der Waals surface area contributed by atoms with Crippen molar-refractivity contribution < 1.29 is 4.74 Å². The summed E-state index contributed by atoms with van der Waals surface area (Å²) >= 11 is 0. The van der Waals surface area contributed by atoms with Crippen molar-refractivity contribution in [1.29, 1.82) is 0 Å². The molecule has 34 heavy (non-hydrogen) atoms. The van der Waals surface area contributed by atoms with Crippen LogP contribution in [0.5, 0.6) is 11.5 Å². The summed E-state index contributed by atoms with van der Waals surface area (Å²) in [6, 6.07) is 22.4. The van der Waals surface area contributed by atoms with Gasteiger partial charge in [0.15, 0.2) is 5.82 Å². The van der Waals surface area contributed by atoms with Crippen molar-refractivity contribution in [2.45, 2.75) is 6.92 Å². The van der Waals surface area contributed by atoms with E-state index in [0.29, 0.717) is 0 Å². The maximum atomic E-state index is 6.06. The number of nitrogens with one attached hydrogen (secondary N) is 1. The Morgan fingerprint density at radius 2 is 1.74 bits per heavy atom. The van der Waals surface area contributed by atoms with Crippen molar-refractivity contribution in [2.75, 3.05) is 37.6 Å². The third kappa shape index (κ3) is 3.68. The van der Waals surface area contributed by atoms with E-state index in [1.165, 1.54) is 5.69 Å². The molecule has 7 heteroatoms. The number of H-pyrrole nitrogens is 1. The monoisotopic (exact) mass is 452 g/mol. The lowest BCUT2D eigenvalue weighted by Crippen LogP contribution is -2.46. The first-order valence-electron chi connectivity index (χ1n) is 11.8. The maximum absolute atomic E-state index is 6.06. The van der Waals surface area contributed by atoms with E-state index in [-0.39, 0.29) is 0 Å². The fourth-order valence-electron chi connectivity index (χ4n) is 4.76. The van der Waals surface area contributed by atoms with Crippen molar-refractivity contribution in [3.63, 3.8) is 0 Å². The normalized spacial score (nSPS) is 14.8. The van der Waals surface area contributed by atoms with Gasteiger partial charge in [-0.1, -0.05) is 25.1 Å². The van der Waals surface area contributed by atoms with Gasteiger partial charge >= 0.3 is 0 Å². The Kier molecular flexibility index (Phi) is 5.19. The van der Waals surface area contributed by atoms with Crippen LogP contribution in [0.25, 0.3) is 33.5 Å². The molecule has 0 aliphatic carbocycles. The van der Waals surface area contributed by atoms with Crippen LogP contribution in [0.15, 0.2) is 66.7 Å². The molecule has 0 bridgehead atoms. The number of piperazine rings is 1. The number of benzene rings is 3. The predicted molar refractivity (Wildman–Crippen MR) is 137 cm³/mol. The number of ether oxygens (including phenoxy) is 1. The fourth-order valence-corrected chi connectivity index (χ4v) is 4.76. The minimum atomic E-state index is 0.772. The largest absolute Gasteiger partial charge is 0.457 e. The molecule has 0 unspecified atom stereocenters. The number of imidazole rings is 1. The molecule has 6 rings (SSSR count). The van der Waals surface area contributed by atoms with E-state index in [1.807, 2.05) is 48.5 Å². The van der Waals surface area contributed by atoms with Crippen molar-refractivity contribution in [3.05, 3.63) is 66.7 Å². The van der Waals surface area contributed by atoms with Gasteiger partial charge in [-0.15, -0.1) is 0 Å². The third-order valence-electron chi connectivity index (χ3n) is 6.77. The molecule has 0 radical (unpaired) electrons. The lowest BCUT2D eigenvalue weighted by molar-refractivity contribution is 0.271. The van der Waals surface area contributed by atoms with E-state index >= 15 is 0 Å². The highest BCUT2D eigenvalue weighted by Crippen LogP contribution is 2.33. The fraction of sp³-hybridized carbons (Fsp3) is 0.259. The molecule has 1 aliphatic heterocycles. The second-order valence-electron chi connectivity index (χ2n) is 8.78. The molecule has 3 heterocycles. The van der Waals surface area contributed by atoms with Gasteiger partial charge in [0.2, 0.25) is 0 Å². The first-order chi connectivity index (χ1) is 16.7. The van der Waals surface area contributed by atoms with Gasteiger partial charge in [0.25, 0.3) is 0 Å². The molecular weight excluding hydrogens is 424 g/mol. The summed E-state index contributed by atoms with van der Waals surface area (Å²) in [6.07, 6.45) is 0. The van der Waals surface area contributed by atoms with Crippen LogP contribution < -0.4 is 9.64 Å². The van der Waals surface area contributed by atoms with Gasteiger partial charge in [0.1, 0.15) is 17.2 Å². The Labute approximate surface area is 198 Å². The zero-order valence-electron chi connectivity index (χ0n) is 19.5. The number of rotatable bonds is 5. The number of nitrogens with zero attached hydrogens (tertiary/aromatic N) is 5. The highest BCUT2D eigenvalue weighted by molar-refractivity contribution is 5.94. The molecule has 0 saturated carbocycles. The summed E-state index contributed by atoms with van der Waals surface area (Å²) < 4.78 is 8.20. The van der Waals surface area contributed by atoms with E-state index in [2.05, 4.69) is 56.7 Å². The molecule has 0 amide bonds. The molecular formula is C27H28N6O. The summed E-state index contributed by atoms with van der Waals surface area (Å²) in [5.41, 5.74) is 5.12. The molecule has 3 aromatic carbocycles. The van der Waals surface area contributed by atoms with E-state index in [4.69, 9.17) is 9.72 Å². The van der Waals surface area contributed by atoms with Gasteiger partial charge in [0.05, 0.1) is 16.6 Å². The molecule has 2 aromatic heterocycles. The first kappa shape index (κ1) is 20.7. The van der Waals surface area contributed by atoms with E-state index < -0.39 is 0 Å². The van der Waals surface area contributed by atoms with Crippen LogP contribution in [0.4, 0.5) is 5.69 Å². The second-order valence-corrected chi connectivity index (χ2v) is 8.78. The SMILES string of the molecule is CCN1CCN(c2ccc3nc(-c4n[nH]c5ccc(Oc6ccccc6)cc45)n(C)c3c2)CC1. The van der Waals surface area contributed by atoms with Crippen molar-refractivity contribution in [1.82, 2.24) is 24.6 Å². The molecule has 1 fully saturated rings. The zero-order chi connectivity index (χ0) is 23.1. The number of aromatic amines is 1. The van der Waals surface area contributed by atoms with Crippen LogP contribution in [-0.4, -0.2) is 57.4 Å². The lowest BCUT2D eigenvalue weighted by Gasteiger charge is -2.35. The maximum Gasteiger partial charge on any atom is 0.162 e. The number of aryl methyl sites for hydroxylation is 1. The topological polar surface area (TPSA) is 62.2 Å². The molecule has 1 aliphatic rings. The number of fused-ring (bicyclic) bond motifs is 2. The number of hydrogen-bond donors (Lipinski definition) is 1. The van der Waals surface area contributed by atoms with Crippen LogP contribution in [0.3, 0.4) is 0 Å². The number of anilines is 1. The number of hydrogen-bond acceptors (Lipinski definition) is 5. The molecule has 172 valence electrons. The van der Waals surface area contributed by atoms with Gasteiger partial charge in [-0.25, -0.2) is 4.98 Å². The van der Waals surface area contributed by atoms with Gasteiger partial charge < -0.3 is 19.1 Å². The van der Waals surface area contributed by atoms with E-state index in [9.17, 15) is 0 Å². The van der Waals surface area contributed by atoms with Gasteiger partial charge in [-0.2, -0.15) is 5.10 Å². The Bertz CT molecular complexity index is 1450. The molecule has 5 aromatic rings. The van der Waals surface area contributed by atoms with Crippen LogP contribution in [-0.2, 0) is 7.05 Å². The second kappa shape index (κ2) is 8.50. The summed E-state index contributed by atoms with van der Waals surface area (Å²) in [5, 5.41) is 8.76. The van der Waals surface area contributed by atoms with Gasteiger partial charge in [-0.3, -0.25) is 5.10 Å². The average Bonchev–Trinajstić information content (AvgIpc) is 3.44. The smallest absolute Gasteiger partial charge is 0.162 e. The number of aromatic nitrogens is 4. The Balaban J connectivity index is 1.35. The summed E-state index contributed by atoms with van der Waals surface area (Å²) in [5.74, 6) is 2.42. The van der Waals surface area contributed by atoms with E-state index in [1.54, 1.807) is 0 Å². The Morgan fingerprint density at radius 3 is 2.53 bits per heavy atom. The van der Waals surface area contributed by atoms with Crippen molar-refractivity contribution >= 4 is 27.6 Å². The molecule has 1 saturated heterocycles. The van der Waals surface area contributed by atoms with Crippen LogP contribution in [0.1, 0.15) is 6.92 Å².